The van der Waals surface area contributed by atoms with Crippen LogP contribution in [0.25, 0.3) is 0 Å². The largest absolute Gasteiger partial charge is 0.481 e. The van der Waals surface area contributed by atoms with E-state index in [1.54, 1.807) is 6.07 Å². The molecule has 200 valence electrons. The Morgan fingerprint density at radius 3 is 2.65 bits per heavy atom. The number of hydrogen-bond acceptors (Lipinski definition) is 6. The van der Waals surface area contributed by atoms with Crippen molar-refractivity contribution in [3.8, 4) is 0 Å². The molecule has 3 fully saturated rings. The molecule has 0 radical (unpaired) electrons. The summed E-state index contributed by atoms with van der Waals surface area (Å²) in [5.41, 5.74) is 1.21. The third kappa shape index (κ3) is 5.30. The predicted octanol–water partition coefficient (Wildman–Crippen LogP) is 6.50. The zero-order chi connectivity index (χ0) is 26.5. The van der Waals surface area contributed by atoms with Gasteiger partial charge >= 0.3 is 5.97 Å². The SMILES string of the molecule is Cc1cc(N[C@H](C)c2ccc(Cl)cc2Cl)nc([C@H]2[C@@H]([C@H]3CCCCN3C3CC(C)(C(=O)O)C3)CN2Cl)n1. The maximum Gasteiger partial charge on any atom is 0.309 e. The topological polar surface area (TPSA) is 81.6 Å². The lowest BCUT2D eigenvalue weighted by Gasteiger charge is -2.56. The van der Waals surface area contributed by atoms with Crippen molar-refractivity contribution < 1.29 is 9.90 Å². The molecule has 1 aromatic heterocycles. The Bertz CT molecular complexity index is 1170. The summed E-state index contributed by atoms with van der Waals surface area (Å²) >= 11 is 19.2. The average molecular weight is 567 g/mol. The number of halogens is 3. The van der Waals surface area contributed by atoms with Crippen LogP contribution in [0.1, 0.15) is 75.1 Å². The number of rotatable bonds is 7. The van der Waals surface area contributed by atoms with Crippen molar-refractivity contribution >= 4 is 46.8 Å². The van der Waals surface area contributed by atoms with Crippen LogP contribution in [0.5, 0.6) is 0 Å². The Hall–Kier alpha value is -1.64. The Morgan fingerprint density at radius 2 is 1.97 bits per heavy atom. The molecule has 5 rings (SSSR count). The smallest absolute Gasteiger partial charge is 0.309 e. The van der Waals surface area contributed by atoms with Gasteiger partial charge in [0.1, 0.15) is 11.6 Å². The normalized spacial score (nSPS) is 31.3. The highest BCUT2D eigenvalue weighted by molar-refractivity contribution is 6.35. The Labute approximate surface area is 233 Å². The monoisotopic (exact) mass is 565 g/mol. The molecule has 2 aliphatic heterocycles. The summed E-state index contributed by atoms with van der Waals surface area (Å²) in [7, 11) is 0. The number of aliphatic carboxylic acids is 1. The molecule has 2 aromatic rings. The molecule has 0 amide bonds. The van der Waals surface area contributed by atoms with E-state index in [1.807, 2.05) is 43.4 Å². The van der Waals surface area contributed by atoms with Crippen molar-refractivity contribution in [1.29, 1.82) is 0 Å². The highest BCUT2D eigenvalue weighted by Crippen LogP contribution is 2.50. The predicted molar refractivity (Wildman–Crippen MR) is 147 cm³/mol. The van der Waals surface area contributed by atoms with Gasteiger partial charge in [0.25, 0.3) is 0 Å². The lowest BCUT2D eigenvalue weighted by Crippen LogP contribution is -2.63. The molecule has 1 saturated carbocycles. The number of piperidine rings is 1. The lowest BCUT2D eigenvalue weighted by molar-refractivity contribution is -0.160. The minimum atomic E-state index is -0.687. The van der Waals surface area contributed by atoms with Crippen LogP contribution < -0.4 is 5.32 Å². The Balaban J connectivity index is 1.34. The van der Waals surface area contributed by atoms with E-state index in [4.69, 9.17) is 44.9 Å². The van der Waals surface area contributed by atoms with Gasteiger partial charge in [-0.3, -0.25) is 9.69 Å². The van der Waals surface area contributed by atoms with Crippen molar-refractivity contribution in [1.82, 2.24) is 19.3 Å². The minimum Gasteiger partial charge on any atom is -0.481 e. The lowest BCUT2D eigenvalue weighted by atomic mass is 9.65. The van der Waals surface area contributed by atoms with E-state index < -0.39 is 11.4 Å². The second-order valence-corrected chi connectivity index (χ2v) is 12.5. The van der Waals surface area contributed by atoms with Gasteiger partial charge in [-0.25, -0.2) is 14.4 Å². The number of carbonyl (C=O) groups is 1. The fourth-order valence-corrected chi connectivity index (χ4v) is 7.33. The third-order valence-electron chi connectivity index (χ3n) is 8.47. The van der Waals surface area contributed by atoms with Crippen molar-refractivity contribution in [3.05, 3.63) is 51.4 Å². The first-order chi connectivity index (χ1) is 17.6. The Kier molecular flexibility index (Phi) is 7.64. The van der Waals surface area contributed by atoms with E-state index >= 15 is 0 Å². The third-order valence-corrected chi connectivity index (χ3v) is 9.38. The summed E-state index contributed by atoms with van der Waals surface area (Å²) in [6.45, 7) is 7.65. The van der Waals surface area contributed by atoms with E-state index in [0.29, 0.717) is 40.9 Å². The average Bonchev–Trinajstić information content (AvgIpc) is 2.79. The zero-order valence-corrected chi connectivity index (χ0v) is 23.7. The van der Waals surface area contributed by atoms with E-state index in [1.165, 1.54) is 6.42 Å². The molecule has 3 heterocycles. The first-order valence-electron chi connectivity index (χ1n) is 13.0. The minimum absolute atomic E-state index is 0.0767. The quantitative estimate of drug-likeness (QED) is 0.370. The standard InChI is InChI=1S/C27H34Cl3N5O2/c1-15-10-23(32-16(2)19-8-7-17(28)11-21(19)29)33-25(31-15)24-20(14-35(24)30)22-6-4-5-9-34(22)18-12-27(3,13-18)26(36)37/h7-8,10-11,16,18,20,22,24H,4-6,9,12-14H2,1-3H3,(H,36,37)(H,31,32,33)/t16-,18?,20-,22-,24-,27?/m1/s1. The van der Waals surface area contributed by atoms with Gasteiger partial charge in [-0.05, 0) is 82.5 Å². The number of anilines is 1. The van der Waals surface area contributed by atoms with E-state index in [2.05, 4.69) is 10.2 Å². The first-order valence-corrected chi connectivity index (χ1v) is 14.1. The van der Waals surface area contributed by atoms with Crippen LogP contribution >= 0.6 is 35.0 Å². The first kappa shape index (κ1) is 26.9. The number of hydrogen-bond donors (Lipinski definition) is 2. The van der Waals surface area contributed by atoms with Gasteiger partial charge in [0, 0.05) is 46.4 Å². The van der Waals surface area contributed by atoms with Gasteiger partial charge in [0.2, 0.25) is 0 Å². The van der Waals surface area contributed by atoms with Gasteiger partial charge in [0.15, 0.2) is 0 Å². The van der Waals surface area contributed by atoms with Crippen LogP contribution in [0.2, 0.25) is 10.0 Å². The summed E-state index contributed by atoms with van der Waals surface area (Å²) in [6.07, 6.45) is 4.84. The number of carboxylic acid groups (broad SMARTS) is 1. The van der Waals surface area contributed by atoms with Gasteiger partial charge < -0.3 is 10.4 Å². The summed E-state index contributed by atoms with van der Waals surface area (Å²) in [5.74, 6) is 1.06. The van der Waals surface area contributed by atoms with Crippen LogP contribution in [-0.4, -0.2) is 55.5 Å². The van der Waals surface area contributed by atoms with Gasteiger partial charge in [-0.1, -0.05) is 35.7 Å². The molecular formula is C27H34Cl3N5O2. The molecule has 37 heavy (non-hydrogen) atoms. The fraction of sp³-hybridized carbons (Fsp3) is 0.593. The number of aromatic nitrogens is 2. The molecule has 1 aromatic carbocycles. The highest BCUT2D eigenvalue weighted by atomic mass is 35.5. The van der Waals surface area contributed by atoms with Crippen LogP contribution in [-0.2, 0) is 4.79 Å². The van der Waals surface area contributed by atoms with Gasteiger partial charge in [0.05, 0.1) is 17.5 Å². The number of benzene rings is 1. The molecule has 3 aliphatic rings. The molecule has 4 atom stereocenters. The van der Waals surface area contributed by atoms with Crippen molar-refractivity contribution in [2.24, 2.45) is 11.3 Å². The number of aryl methyl sites for hydroxylation is 1. The molecule has 2 saturated heterocycles. The van der Waals surface area contributed by atoms with Crippen LogP contribution in [0.4, 0.5) is 5.82 Å². The van der Waals surface area contributed by atoms with E-state index in [0.717, 1.165) is 48.8 Å². The summed E-state index contributed by atoms with van der Waals surface area (Å²) < 4.78 is 1.82. The molecule has 7 nitrogen and oxygen atoms in total. The van der Waals surface area contributed by atoms with E-state index in [-0.39, 0.29) is 12.1 Å². The van der Waals surface area contributed by atoms with Gasteiger partial charge in [-0.15, -0.1) is 0 Å². The molecular weight excluding hydrogens is 533 g/mol. The van der Waals surface area contributed by atoms with Crippen molar-refractivity contribution in [2.45, 2.75) is 77.0 Å². The Morgan fingerprint density at radius 1 is 1.22 bits per heavy atom. The van der Waals surface area contributed by atoms with Crippen LogP contribution in [0.15, 0.2) is 24.3 Å². The molecule has 0 bridgehead atoms. The number of likely N-dealkylation sites (tertiary alicyclic amines) is 1. The highest BCUT2D eigenvalue weighted by Gasteiger charge is 2.54. The molecule has 0 unspecified atom stereocenters. The van der Waals surface area contributed by atoms with Crippen molar-refractivity contribution in [3.63, 3.8) is 0 Å². The second-order valence-electron chi connectivity index (χ2n) is 11.2. The fourth-order valence-electron chi connectivity index (χ4n) is 6.37. The molecule has 0 spiro atoms. The van der Waals surface area contributed by atoms with Crippen LogP contribution in [0, 0.1) is 18.3 Å². The number of carboxylic acids is 1. The summed E-state index contributed by atoms with van der Waals surface area (Å²) in [6, 6.07) is 7.94. The van der Waals surface area contributed by atoms with Gasteiger partial charge in [-0.2, -0.15) is 0 Å². The molecule has 10 heteroatoms. The summed E-state index contributed by atoms with van der Waals surface area (Å²) in [5, 5.41) is 14.3. The maximum absolute atomic E-state index is 11.7. The zero-order valence-electron chi connectivity index (χ0n) is 21.4. The maximum atomic E-state index is 11.7. The number of nitrogens with one attached hydrogen (secondary N) is 1. The van der Waals surface area contributed by atoms with E-state index in [9.17, 15) is 9.90 Å². The summed E-state index contributed by atoms with van der Waals surface area (Å²) in [4.78, 5) is 23.9. The van der Waals surface area contributed by atoms with Crippen LogP contribution in [0.3, 0.4) is 0 Å². The second kappa shape index (κ2) is 10.5. The molecule has 2 N–H and O–H groups in total. The molecule has 1 aliphatic carbocycles. The number of nitrogens with zero attached hydrogens (tertiary/aromatic N) is 4. The van der Waals surface area contributed by atoms with Crippen molar-refractivity contribution in [2.75, 3.05) is 18.4 Å².